The van der Waals surface area contributed by atoms with Gasteiger partial charge in [-0.05, 0) is 19.8 Å². The second-order valence-corrected chi connectivity index (χ2v) is 4.32. The number of nitrogens with zero attached hydrogens (tertiary/aromatic N) is 1. The van der Waals surface area contributed by atoms with Crippen LogP contribution in [0.3, 0.4) is 0 Å². The Labute approximate surface area is 76.3 Å². The predicted molar refractivity (Wildman–Crippen MR) is 49.4 cm³/mol. The molecule has 1 saturated carbocycles. The summed E-state index contributed by atoms with van der Waals surface area (Å²) in [6, 6.07) is 0. The van der Waals surface area contributed by atoms with E-state index in [1.165, 1.54) is 0 Å². The SMILES string of the molecule is Cc1csc(C2CCCC2O)n1. The monoisotopic (exact) mass is 183 g/mol. The molecule has 66 valence electrons. The Kier molecular flexibility index (Phi) is 2.15. The Bertz CT molecular complexity index is 271. The number of aliphatic hydroxyl groups is 1. The van der Waals surface area contributed by atoms with Gasteiger partial charge in [0.25, 0.3) is 0 Å². The highest BCUT2D eigenvalue weighted by atomic mass is 32.1. The smallest absolute Gasteiger partial charge is 0.0985 e. The van der Waals surface area contributed by atoms with Gasteiger partial charge < -0.3 is 5.11 Å². The fraction of sp³-hybridized carbons (Fsp3) is 0.667. The lowest BCUT2D eigenvalue weighted by atomic mass is 10.1. The van der Waals surface area contributed by atoms with Gasteiger partial charge in [0.15, 0.2) is 0 Å². The molecule has 2 atom stereocenters. The molecule has 1 aliphatic rings. The van der Waals surface area contributed by atoms with E-state index in [2.05, 4.69) is 10.4 Å². The molecule has 12 heavy (non-hydrogen) atoms. The van der Waals surface area contributed by atoms with Crippen LogP contribution < -0.4 is 0 Å². The van der Waals surface area contributed by atoms with E-state index in [0.717, 1.165) is 30.0 Å². The van der Waals surface area contributed by atoms with Gasteiger partial charge in [0.1, 0.15) is 0 Å². The number of aromatic nitrogens is 1. The number of hydrogen-bond acceptors (Lipinski definition) is 3. The zero-order chi connectivity index (χ0) is 8.55. The molecule has 0 radical (unpaired) electrons. The van der Waals surface area contributed by atoms with Gasteiger partial charge in [-0.2, -0.15) is 0 Å². The number of aliphatic hydroxyl groups excluding tert-OH is 1. The van der Waals surface area contributed by atoms with Gasteiger partial charge in [-0.15, -0.1) is 11.3 Å². The maximum atomic E-state index is 9.62. The van der Waals surface area contributed by atoms with Crippen molar-refractivity contribution in [2.24, 2.45) is 0 Å². The van der Waals surface area contributed by atoms with Crippen molar-refractivity contribution < 1.29 is 5.11 Å². The maximum absolute atomic E-state index is 9.62. The van der Waals surface area contributed by atoms with Crippen LogP contribution in [0.2, 0.25) is 0 Å². The molecule has 0 amide bonds. The summed E-state index contributed by atoms with van der Waals surface area (Å²) in [5.74, 6) is 0.323. The maximum Gasteiger partial charge on any atom is 0.0985 e. The summed E-state index contributed by atoms with van der Waals surface area (Å²) in [5.41, 5.74) is 1.08. The molecule has 1 fully saturated rings. The lowest BCUT2D eigenvalue weighted by Crippen LogP contribution is -2.10. The number of hydrogen-bond donors (Lipinski definition) is 1. The minimum atomic E-state index is -0.143. The minimum Gasteiger partial charge on any atom is -0.392 e. The number of thiazole rings is 1. The van der Waals surface area contributed by atoms with Crippen LogP contribution in [0.4, 0.5) is 0 Å². The first-order valence-corrected chi connectivity index (χ1v) is 5.25. The first-order chi connectivity index (χ1) is 5.77. The third-order valence-corrected chi connectivity index (χ3v) is 3.53. The van der Waals surface area contributed by atoms with Crippen LogP contribution in [0.5, 0.6) is 0 Å². The third kappa shape index (κ3) is 1.39. The van der Waals surface area contributed by atoms with Gasteiger partial charge in [0.05, 0.1) is 11.1 Å². The van der Waals surface area contributed by atoms with Crippen molar-refractivity contribution in [1.82, 2.24) is 4.98 Å². The first kappa shape index (κ1) is 8.20. The lowest BCUT2D eigenvalue weighted by Gasteiger charge is -2.09. The van der Waals surface area contributed by atoms with Gasteiger partial charge in [0.2, 0.25) is 0 Å². The lowest BCUT2D eigenvalue weighted by molar-refractivity contribution is 0.163. The van der Waals surface area contributed by atoms with E-state index in [1.807, 2.05) is 6.92 Å². The van der Waals surface area contributed by atoms with E-state index in [1.54, 1.807) is 11.3 Å². The van der Waals surface area contributed by atoms with Gasteiger partial charge in [-0.3, -0.25) is 0 Å². The Morgan fingerprint density at radius 1 is 1.58 bits per heavy atom. The Balaban J connectivity index is 2.19. The average molecular weight is 183 g/mol. The molecule has 1 heterocycles. The summed E-state index contributed by atoms with van der Waals surface area (Å²) >= 11 is 1.68. The fourth-order valence-electron chi connectivity index (χ4n) is 1.77. The van der Waals surface area contributed by atoms with Crippen molar-refractivity contribution in [3.63, 3.8) is 0 Å². The molecule has 1 aromatic rings. The van der Waals surface area contributed by atoms with E-state index >= 15 is 0 Å². The Morgan fingerprint density at radius 3 is 2.92 bits per heavy atom. The van der Waals surface area contributed by atoms with Crippen molar-refractivity contribution in [1.29, 1.82) is 0 Å². The average Bonchev–Trinajstić information content (AvgIpc) is 2.58. The van der Waals surface area contributed by atoms with Crippen molar-refractivity contribution in [3.8, 4) is 0 Å². The van der Waals surface area contributed by atoms with Gasteiger partial charge in [-0.25, -0.2) is 4.98 Å². The molecule has 0 bridgehead atoms. The molecule has 0 spiro atoms. The summed E-state index contributed by atoms with van der Waals surface area (Å²) in [4.78, 5) is 4.40. The van der Waals surface area contributed by atoms with E-state index in [4.69, 9.17) is 0 Å². The number of rotatable bonds is 1. The molecular weight excluding hydrogens is 170 g/mol. The molecule has 0 saturated heterocycles. The Hall–Kier alpha value is -0.410. The molecule has 1 aromatic heterocycles. The van der Waals surface area contributed by atoms with Crippen LogP contribution in [-0.4, -0.2) is 16.2 Å². The van der Waals surface area contributed by atoms with Crippen molar-refractivity contribution in [3.05, 3.63) is 16.1 Å². The van der Waals surface area contributed by atoms with Crippen molar-refractivity contribution in [2.45, 2.75) is 38.2 Å². The van der Waals surface area contributed by atoms with Gasteiger partial charge in [-0.1, -0.05) is 6.42 Å². The molecule has 1 N–H and O–H groups in total. The van der Waals surface area contributed by atoms with Crippen LogP contribution in [0.25, 0.3) is 0 Å². The molecule has 3 heteroatoms. The fourth-order valence-corrected chi connectivity index (χ4v) is 2.76. The van der Waals surface area contributed by atoms with Gasteiger partial charge >= 0.3 is 0 Å². The van der Waals surface area contributed by atoms with Crippen LogP contribution >= 0.6 is 11.3 Å². The summed E-state index contributed by atoms with van der Waals surface area (Å²) in [6.07, 6.45) is 3.05. The highest BCUT2D eigenvalue weighted by molar-refractivity contribution is 7.09. The quantitative estimate of drug-likeness (QED) is 0.723. The normalized spacial score (nSPS) is 29.5. The van der Waals surface area contributed by atoms with E-state index in [-0.39, 0.29) is 6.10 Å². The molecule has 2 unspecified atom stereocenters. The molecule has 0 aromatic carbocycles. The van der Waals surface area contributed by atoms with Crippen LogP contribution in [0.15, 0.2) is 5.38 Å². The highest BCUT2D eigenvalue weighted by Gasteiger charge is 2.28. The number of aryl methyl sites for hydroxylation is 1. The summed E-state index contributed by atoms with van der Waals surface area (Å²) in [5, 5.41) is 12.8. The summed E-state index contributed by atoms with van der Waals surface area (Å²) in [6.45, 7) is 2.00. The first-order valence-electron chi connectivity index (χ1n) is 4.37. The highest BCUT2D eigenvalue weighted by Crippen LogP contribution is 2.35. The Morgan fingerprint density at radius 2 is 2.42 bits per heavy atom. The zero-order valence-electron chi connectivity index (χ0n) is 7.16. The zero-order valence-corrected chi connectivity index (χ0v) is 7.97. The van der Waals surface area contributed by atoms with Crippen molar-refractivity contribution >= 4 is 11.3 Å². The van der Waals surface area contributed by atoms with Gasteiger partial charge in [0, 0.05) is 17.0 Å². The second kappa shape index (κ2) is 3.15. The second-order valence-electron chi connectivity index (χ2n) is 3.43. The van der Waals surface area contributed by atoms with E-state index in [0.29, 0.717) is 5.92 Å². The van der Waals surface area contributed by atoms with E-state index < -0.39 is 0 Å². The predicted octanol–water partition coefficient (Wildman–Crippen LogP) is 2.08. The molecule has 1 aliphatic carbocycles. The molecule has 2 nitrogen and oxygen atoms in total. The summed E-state index contributed by atoms with van der Waals surface area (Å²) in [7, 11) is 0. The summed E-state index contributed by atoms with van der Waals surface area (Å²) < 4.78 is 0. The third-order valence-electron chi connectivity index (χ3n) is 2.43. The molecular formula is C9H13NOS. The van der Waals surface area contributed by atoms with Crippen LogP contribution in [-0.2, 0) is 0 Å². The van der Waals surface area contributed by atoms with Crippen LogP contribution in [0.1, 0.15) is 35.9 Å². The minimum absolute atomic E-state index is 0.143. The van der Waals surface area contributed by atoms with Crippen LogP contribution in [0, 0.1) is 6.92 Å². The largest absolute Gasteiger partial charge is 0.392 e. The van der Waals surface area contributed by atoms with E-state index in [9.17, 15) is 5.11 Å². The topological polar surface area (TPSA) is 33.1 Å². The molecule has 2 rings (SSSR count). The molecule has 0 aliphatic heterocycles. The van der Waals surface area contributed by atoms with Crippen molar-refractivity contribution in [2.75, 3.05) is 0 Å². The standard InChI is InChI=1S/C9H13NOS/c1-6-5-12-9(10-6)7-3-2-4-8(7)11/h5,7-8,11H,2-4H2,1H3.